The third kappa shape index (κ3) is 7.52. The Hall–Kier alpha value is -3.03. The van der Waals surface area contributed by atoms with Crippen molar-refractivity contribution in [2.24, 2.45) is 4.99 Å². The molecule has 4 aromatic carbocycles. The Labute approximate surface area is 290 Å². The smallest absolute Gasteiger partial charge is 0.339 e. The average Bonchev–Trinajstić information content (AvgIpc) is 3.28. The van der Waals surface area contributed by atoms with Crippen molar-refractivity contribution < 1.29 is 22.1 Å². The van der Waals surface area contributed by atoms with Crippen LogP contribution in [0.3, 0.4) is 0 Å². The lowest BCUT2D eigenvalue weighted by molar-refractivity contribution is -0.113. The number of hydrogen-bond donors (Lipinski definition) is 0. The second-order valence-corrected chi connectivity index (χ2v) is 14.7. The van der Waals surface area contributed by atoms with Crippen LogP contribution in [0.15, 0.2) is 87.6 Å². The number of rotatable bonds is 8. The second-order valence-electron chi connectivity index (χ2n) is 10.1. The Morgan fingerprint density at radius 1 is 0.933 bits per heavy atom. The maximum atomic E-state index is 13.9. The fourth-order valence-electron chi connectivity index (χ4n) is 4.29. The predicted molar refractivity (Wildman–Crippen MR) is 192 cm³/mol. The first-order valence-corrected chi connectivity index (χ1v) is 17.7. The van der Waals surface area contributed by atoms with E-state index in [0.717, 1.165) is 16.7 Å². The zero-order valence-electron chi connectivity index (χ0n) is 24.6. The zero-order chi connectivity index (χ0) is 32.5. The van der Waals surface area contributed by atoms with Crippen LogP contribution in [0.4, 0.5) is 11.4 Å². The lowest BCUT2D eigenvalue weighted by atomic mass is 10.1. The number of halogens is 3. The number of ether oxygens (including phenoxy) is 1. The Bertz CT molecular complexity index is 1980. The minimum atomic E-state index is -4.13. The number of aliphatic imine (C=N–C) groups is 1. The van der Waals surface area contributed by atoms with E-state index in [1.807, 2.05) is 67.6 Å². The molecule has 0 atom stereocenters. The molecule has 1 heterocycles. The lowest BCUT2D eigenvalue weighted by Crippen LogP contribution is -2.28. The highest BCUT2D eigenvalue weighted by Crippen LogP contribution is 2.41. The van der Waals surface area contributed by atoms with E-state index in [9.17, 15) is 13.2 Å². The maximum absolute atomic E-state index is 13.9. The van der Waals surface area contributed by atoms with Crippen molar-refractivity contribution in [3.05, 3.63) is 114 Å². The van der Waals surface area contributed by atoms with Gasteiger partial charge in [-0.25, -0.2) is 4.99 Å². The van der Waals surface area contributed by atoms with Gasteiger partial charge < -0.3 is 8.92 Å². The van der Waals surface area contributed by atoms with Crippen LogP contribution in [-0.4, -0.2) is 26.1 Å². The van der Waals surface area contributed by atoms with Gasteiger partial charge in [-0.2, -0.15) is 8.42 Å². The lowest BCUT2D eigenvalue weighted by Gasteiger charge is -2.17. The molecule has 4 aromatic rings. The fraction of sp³-hybridized carbons (Fsp3) is 0.152. The Kier molecular flexibility index (Phi) is 10.2. The van der Waals surface area contributed by atoms with Gasteiger partial charge in [0.25, 0.3) is 5.91 Å². The number of carbonyl (C=O) groups excluding carboxylic acids is 1. The zero-order valence-corrected chi connectivity index (χ0v) is 29.9. The van der Waals surface area contributed by atoms with Crippen molar-refractivity contribution in [1.29, 1.82) is 0 Å². The molecule has 1 aliphatic heterocycles. The predicted octanol–water partition coefficient (Wildman–Crippen LogP) is 9.50. The Morgan fingerprint density at radius 3 is 2.24 bits per heavy atom. The summed E-state index contributed by atoms with van der Waals surface area (Å²) in [6, 6.07) is 20.6. The van der Waals surface area contributed by atoms with E-state index in [2.05, 4.69) is 0 Å². The number of nitrogens with zero attached hydrogens (tertiary/aromatic N) is 2. The van der Waals surface area contributed by atoms with Gasteiger partial charge in [-0.1, -0.05) is 53.0 Å². The number of hydrogen-bond acceptors (Lipinski definition) is 7. The molecule has 0 bridgehead atoms. The first-order valence-electron chi connectivity index (χ1n) is 13.7. The highest BCUT2D eigenvalue weighted by atomic mass is 127. The number of amides is 1. The van der Waals surface area contributed by atoms with Crippen LogP contribution >= 0.6 is 57.6 Å². The molecular formula is C33H27Cl2IN2O5S2. The van der Waals surface area contributed by atoms with Gasteiger partial charge in [-0.3, -0.25) is 9.69 Å². The highest BCUT2D eigenvalue weighted by molar-refractivity contribution is 14.1. The topological polar surface area (TPSA) is 85.3 Å². The summed E-state index contributed by atoms with van der Waals surface area (Å²) in [7, 11) is -4.13. The number of carbonyl (C=O) groups is 1. The quantitative estimate of drug-likeness (QED) is 0.100. The summed E-state index contributed by atoms with van der Waals surface area (Å²) in [6.07, 6.45) is 1.71. The van der Waals surface area contributed by atoms with Crippen LogP contribution in [0.1, 0.15) is 29.2 Å². The molecule has 1 fully saturated rings. The molecule has 0 spiro atoms. The van der Waals surface area contributed by atoms with Crippen LogP contribution in [0, 0.1) is 24.3 Å². The van der Waals surface area contributed by atoms with E-state index >= 15 is 0 Å². The van der Waals surface area contributed by atoms with Gasteiger partial charge in [0.1, 0.15) is 4.90 Å². The molecule has 45 heavy (non-hydrogen) atoms. The molecule has 0 N–H and O–H groups in total. The van der Waals surface area contributed by atoms with E-state index in [1.54, 1.807) is 49.4 Å². The largest absolute Gasteiger partial charge is 0.490 e. The summed E-state index contributed by atoms with van der Waals surface area (Å²) in [4.78, 5) is 20.6. The summed E-state index contributed by atoms with van der Waals surface area (Å²) in [5, 5.41) is 1.51. The second kappa shape index (κ2) is 13.8. The summed E-state index contributed by atoms with van der Waals surface area (Å²) in [5.41, 5.74) is 4.49. The van der Waals surface area contributed by atoms with Crippen LogP contribution in [0.5, 0.6) is 11.5 Å². The monoisotopic (exact) mass is 792 g/mol. The normalized spacial score (nSPS) is 15.3. The van der Waals surface area contributed by atoms with Crippen LogP contribution < -0.4 is 13.8 Å². The van der Waals surface area contributed by atoms with Gasteiger partial charge in [0.05, 0.1) is 26.5 Å². The molecule has 0 radical (unpaired) electrons. The molecule has 7 nitrogen and oxygen atoms in total. The first kappa shape index (κ1) is 33.3. The maximum Gasteiger partial charge on any atom is 0.339 e. The SMILES string of the molecule is CCOc1cc(/C=C2/SC(=Nc3ccc(C)c(Cl)c3)N(c3ccc(C)c(Cl)c3)C2=O)cc(I)c1OS(=O)(=O)c1ccc(C)cc1. The average molecular weight is 794 g/mol. The third-order valence-electron chi connectivity index (χ3n) is 6.73. The number of thioether (sulfide) groups is 1. The summed E-state index contributed by atoms with van der Waals surface area (Å²) >= 11 is 16.0. The minimum absolute atomic E-state index is 0.0310. The molecule has 232 valence electrons. The van der Waals surface area contributed by atoms with Crippen molar-refractivity contribution in [1.82, 2.24) is 0 Å². The first-order chi connectivity index (χ1) is 21.4. The fourth-order valence-corrected chi connectivity index (χ4v) is 7.48. The molecule has 0 saturated carbocycles. The standard InChI is InChI=1S/C33H27Cl2IN2O5S2/c1-5-42-29-15-22(14-28(36)31(29)43-45(40,41)25-12-6-19(2)7-13-25)16-30-32(39)38(24-11-9-21(4)27(35)18-24)33(44-30)37-23-10-8-20(3)26(34)17-23/h6-18H,5H2,1-4H3/b30-16+,37-33?. The van der Waals surface area contributed by atoms with E-state index in [1.165, 1.54) is 28.8 Å². The molecule has 0 aliphatic carbocycles. The van der Waals surface area contributed by atoms with Crippen molar-refractivity contribution in [2.75, 3.05) is 11.5 Å². The van der Waals surface area contributed by atoms with Gasteiger partial charge in [0, 0.05) is 10.0 Å². The van der Waals surface area contributed by atoms with Crippen molar-refractivity contribution in [3.8, 4) is 11.5 Å². The van der Waals surface area contributed by atoms with Crippen LogP contribution in [0.25, 0.3) is 6.08 Å². The minimum Gasteiger partial charge on any atom is -0.490 e. The highest BCUT2D eigenvalue weighted by Gasteiger charge is 2.35. The van der Waals surface area contributed by atoms with E-state index in [4.69, 9.17) is 37.1 Å². The van der Waals surface area contributed by atoms with Crippen LogP contribution in [0.2, 0.25) is 10.0 Å². The molecule has 0 aromatic heterocycles. The van der Waals surface area contributed by atoms with E-state index in [0.29, 0.717) is 40.6 Å². The number of benzene rings is 4. The molecule has 0 unspecified atom stereocenters. The Morgan fingerprint density at radius 2 is 1.60 bits per heavy atom. The van der Waals surface area contributed by atoms with Crippen molar-refractivity contribution in [2.45, 2.75) is 32.6 Å². The third-order valence-corrected chi connectivity index (χ3v) is 10.6. The van der Waals surface area contributed by atoms with Gasteiger partial charge in [0.15, 0.2) is 16.7 Å². The number of anilines is 1. The molecule has 12 heteroatoms. The van der Waals surface area contributed by atoms with Gasteiger partial charge in [-0.05, 0) is 133 Å². The summed E-state index contributed by atoms with van der Waals surface area (Å²) in [6.45, 7) is 7.72. The van der Waals surface area contributed by atoms with Gasteiger partial charge in [-0.15, -0.1) is 0 Å². The van der Waals surface area contributed by atoms with Crippen molar-refractivity contribution >= 4 is 96.2 Å². The Balaban J connectivity index is 1.55. The van der Waals surface area contributed by atoms with E-state index < -0.39 is 10.1 Å². The van der Waals surface area contributed by atoms with E-state index in [-0.39, 0.29) is 28.9 Å². The van der Waals surface area contributed by atoms with Gasteiger partial charge >= 0.3 is 10.1 Å². The number of aryl methyl sites for hydroxylation is 3. The van der Waals surface area contributed by atoms with Crippen LogP contribution in [-0.2, 0) is 14.9 Å². The van der Waals surface area contributed by atoms with Crippen molar-refractivity contribution in [3.63, 3.8) is 0 Å². The molecule has 5 rings (SSSR count). The summed E-state index contributed by atoms with van der Waals surface area (Å²) < 4.78 is 38.1. The molecular weight excluding hydrogens is 766 g/mol. The molecule has 1 amide bonds. The number of amidine groups is 1. The molecule has 1 saturated heterocycles. The molecule has 1 aliphatic rings. The summed E-state index contributed by atoms with van der Waals surface area (Å²) in [5.74, 6) is -0.000124. The van der Waals surface area contributed by atoms with Gasteiger partial charge in [0.2, 0.25) is 0 Å².